The molecule has 2 saturated carbocycles. The number of carbonyl (C=O) groups excluding carboxylic acids is 1. The van der Waals surface area contributed by atoms with Crippen LogP contribution < -0.4 is 5.73 Å². The topological polar surface area (TPSA) is 63.3 Å². The van der Waals surface area contributed by atoms with Crippen LogP contribution in [0.4, 0.5) is 0 Å². The van der Waals surface area contributed by atoms with Crippen LogP contribution >= 0.6 is 0 Å². The minimum atomic E-state index is -0.0534. The third kappa shape index (κ3) is 3.57. The van der Waals surface area contributed by atoms with Crippen molar-refractivity contribution in [2.45, 2.75) is 84.6 Å². The minimum absolute atomic E-state index is 0.0534. The van der Waals surface area contributed by atoms with Crippen LogP contribution in [0.25, 0.3) is 0 Å². The fourth-order valence-electron chi connectivity index (χ4n) is 7.97. The van der Waals surface area contributed by atoms with Crippen molar-refractivity contribution >= 4 is 5.78 Å². The molecule has 0 aliphatic heterocycles. The number of aliphatic hydroxyl groups is 1. The number of carbonyl (C=O) groups is 1. The van der Waals surface area contributed by atoms with Gasteiger partial charge in [0.15, 0.2) is 5.78 Å². The van der Waals surface area contributed by atoms with Gasteiger partial charge in [0, 0.05) is 12.5 Å². The van der Waals surface area contributed by atoms with Crippen LogP contribution in [0.5, 0.6) is 0 Å². The van der Waals surface area contributed by atoms with Crippen molar-refractivity contribution in [2.75, 3.05) is 6.61 Å². The molecule has 2 fully saturated rings. The molecule has 0 spiro atoms. The number of rotatable bonds is 6. The molecule has 8 unspecified atom stereocenters. The second kappa shape index (κ2) is 7.96. The highest BCUT2D eigenvalue weighted by Crippen LogP contribution is 2.66. The Morgan fingerprint density at radius 3 is 2.72 bits per heavy atom. The van der Waals surface area contributed by atoms with Gasteiger partial charge in [-0.1, -0.05) is 45.8 Å². The third-order valence-corrected chi connectivity index (χ3v) is 9.74. The zero-order valence-corrected chi connectivity index (χ0v) is 18.7. The molecular formula is C26H41NO2. The number of hydrogen-bond donors (Lipinski definition) is 2. The highest BCUT2D eigenvalue weighted by Gasteiger charge is 2.58. The molecule has 0 bridgehead atoms. The lowest BCUT2D eigenvalue weighted by Gasteiger charge is -2.56. The van der Waals surface area contributed by atoms with Crippen LogP contribution in [0.1, 0.15) is 78.6 Å². The summed E-state index contributed by atoms with van der Waals surface area (Å²) in [5, 5.41) is 9.18. The van der Waals surface area contributed by atoms with Gasteiger partial charge in [-0.3, -0.25) is 4.79 Å². The summed E-state index contributed by atoms with van der Waals surface area (Å²) in [5.41, 5.74) is 7.87. The van der Waals surface area contributed by atoms with Gasteiger partial charge in [-0.25, -0.2) is 0 Å². The average Bonchev–Trinajstić information content (AvgIpc) is 3.05. The zero-order valence-electron chi connectivity index (χ0n) is 18.7. The van der Waals surface area contributed by atoms with Crippen molar-refractivity contribution in [1.29, 1.82) is 0 Å². The summed E-state index contributed by atoms with van der Waals surface area (Å²) in [6.07, 6.45) is 17.2. The predicted molar refractivity (Wildman–Crippen MR) is 118 cm³/mol. The van der Waals surface area contributed by atoms with Gasteiger partial charge in [0.1, 0.15) is 0 Å². The first-order valence-electron chi connectivity index (χ1n) is 12.1. The summed E-state index contributed by atoms with van der Waals surface area (Å²) in [4.78, 5) is 12.0. The molecule has 3 N–H and O–H groups in total. The molecule has 0 amide bonds. The maximum absolute atomic E-state index is 12.0. The molecule has 4 rings (SSSR count). The molecule has 3 heteroatoms. The monoisotopic (exact) mass is 399 g/mol. The van der Waals surface area contributed by atoms with Crippen LogP contribution in [-0.4, -0.2) is 23.5 Å². The highest BCUT2D eigenvalue weighted by atomic mass is 16.3. The summed E-state index contributed by atoms with van der Waals surface area (Å²) in [6.45, 7) is 7.59. The molecule has 0 heterocycles. The molecule has 162 valence electrons. The Hall–Kier alpha value is -0.930. The van der Waals surface area contributed by atoms with E-state index >= 15 is 0 Å². The molecule has 0 aromatic rings. The minimum Gasteiger partial charge on any atom is -0.395 e. The number of aliphatic hydroxyl groups excluding tert-OH is 1. The average molecular weight is 400 g/mol. The van der Waals surface area contributed by atoms with Gasteiger partial charge < -0.3 is 10.8 Å². The lowest BCUT2D eigenvalue weighted by molar-refractivity contribution is -0.116. The van der Waals surface area contributed by atoms with E-state index in [-0.39, 0.29) is 18.1 Å². The SMILES string of the molecule is CC(CCCC(N)CO)C1CCC2C3C=CC4=CC(=O)CCC4(C)C3CCC12C. The molecule has 0 saturated heterocycles. The van der Waals surface area contributed by atoms with E-state index in [1.807, 2.05) is 6.08 Å². The molecule has 3 nitrogen and oxygen atoms in total. The molecule has 4 aliphatic rings. The first-order valence-corrected chi connectivity index (χ1v) is 12.1. The van der Waals surface area contributed by atoms with Crippen molar-refractivity contribution in [3.63, 3.8) is 0 Å². The van der Waals surface area contributed by atoms with Gasteiger partial charge in [0.05, 0.1) is 6.61 Å². The third-order valence-electron chi connectivity index (χ3n) is 9.74. The Balaban J connectivity index is 1.49. The first-order chi connectivity index (χ1) is 13.8. The van der Waals surface area contributed by atoms with E-state index in [9.17, 15) is 9.90 Å². The van der Waals surface area contributed by atoms with E-state index in [0.717, 1.165) is 43.4 Å². The van der Waals surface area contributed by atoms with Crippen LogP contribution in [0.15, 0.2) is 23.8 Å². The summed E-state index contributed by atoms with van der Waals surface area (Å²) < 4.78 is 0. The number of fused-ring (bicyclic) bond motifs is 5. The standard InChI is InChI=1S/C26H41NO2/c1-17(5-4-6-19(27)16-28)22-9-10-23-21-8-7-18-15-20(29)11-13-25(18,2)24(21)12-14-26(22,23)3/h7-8,15,17,19,21-24,28H,4-6,9-14,16,27H2,1-3H3. The molecule has 4 aliphatic carbocycles. The molecule has 8 atom stereocenters. The van der Waals surface area contributed by atoms with Crippen molar-refractivity contribution in [3.8, 4) is 0 Å². The van der Waals surface area contributed by atoms with Crippen molar-refractivity contribution in [2.24, 2.45) is 46.2 Å². The lowest BCUT2D eigenvalue weighted by Crippen LogP contribution is -2.49. The number of nitrogens with two attached hydrogens (primary N) is 1. The largest absolute Gasteiger partial charge is 0.395 e. The van der Waals surface area contributed by atoms with E-state index in [4.69, 9.17) is 5.73 Å². The zero-order chi connectivity index (χ0) is 20.8. The van der Waals surface area contributed by atoms with E-state index < -0.39 is 0 Å². The molecule has 0 aromatic heterocycles. The second-order valence-electron chi connectivity index (χ2n) is 11.2. The number of ketones is 1. The second-order valence-corrected chi connectivity index (χ2v) is 11.2. The Kier molecular flexibility index (Phi) is 5.85. The van der Waals surface area contributed by atoms with Gasteiger partial charge in [-0.05, 0) is 90.6 Å². The Bertz CT molecular complexity index is 697. The fraction of sp³-hybridized carbons (Fsp3) is 0.808. The van der Waals surface area contributed by atoms with Crippen LogP contribution in [0.3, 0.4) is 0 Å². The van der Waals surface area contributed by atoms with Crippen molar-refractivity contribution in [1.82, 2.24) is 0 Å². The Morgan fingerprint density at radius 1 is 1.17 bits per heavy atom. The molecule has 0 radical (unpaired) electrons. The molecule has 0 aromatic carbocycles. The van der Waals surface area contributed by atoms with Crippen LogP contribution in [0, 0.1) is 40.4 Å². The van der Waals surface area contributed by atoms with E-state index in [0.29, 0.717) is 23.0 Å². The van der Waals surface area contributed by atoms with Crippen LogP contribution in [-0.2, 0) is 4.79 Å². The predicted octanol–water partition coefficient (Wildman–Crippen LogP) is 5.04. The van der Waals surface area contributed by atoms with Crippen molar-refractivity contribution < 1.29 is 9.90 Å². The lowest BCUT2D eigenvalue weighted by atomic mass is 9.48. The maximum Gasteiger partial charge on any atom is 0.156 e. The van der Waals surface area contributed by atoms with E-state index in [2.05, 4.69) is 32.9 Å². The first kappa shape index (κ1) is 21.3. The van der Waals surface area contributed by atoms with Gasteiger partial charge in [0.2, 0.25) is 0 Å². The summed E-state index contributed by atoms with van der Waals surface area (Å²) >= 11 is 0. The van der Waals surface area contributed by atoms with Gasteiger partial charge in [-0.2, -0.15) is 0 Å². The number of hydrogen-bond acceptors (Lipinski definition) is 3. The van der Waals surface area contributed by atoms with E-state index in [1.54, 1.807) is 0 Å². The highest BCUT2D eigenvalue weighted by molar-refractivity contribution is 5.92. The normalized spacial score (nSPS) is 43.2. The maximum atomic E-state index is 12.0. The van der Waals surface area contributed by atoms with Gasteiger partial charge >= 0.3 is 0 Å². The Morgan fingerprint density at radius 2 is 1.97 bits per heavy atom. The van der Waals surface area contributed by atoms with Crippen LogP contribution in [0.2, 0.25) is 0 Å². The van der Waals surface area contributed by atoms with Crippen molar-refractivity contribution in [3.05, 3.63) is 23.8 Å². The summed E-state index contributed by atoms with van der Waals surface area (Å²) in [5.74, 6) is 4.05. The summed E-state index contributed by atoms with van der Waals surface area (Å²) in [7, 11) is 0. The fourth-order valence-corrected chi connectivity index (χ4v) is 7.97. The van der Waals surface area contributed by atoms with Gasteiger partial charge in [-0.15, -0.1) is 0 Å². The smallest absolute Gasteiger partial charge is 0.156 e. The van der Waals surface area contributed by atoms with E-state index in [1.165, 1.54) is 37.7 Å². The molecular weight excluding hydrogens is 358 g/mol. The number of allylic oxidation sites excluding steroid dienone is 4. The Labute approximate surface area is 177 Å². The van der Waals surface area contributed by atoms with Gasteiger partial charge in [0.25, 0.3) is 0 Å². The molecule has 29 heavy (non-hydrogen) atoms. The summed E-state index contributed by atoms with van der Waals surface area (Å²) in [6, 6.07) is -0.0534. The quantitative estimate of drug-likeness (QED) is 0.658.